The Labute approximate surface area is 113 Å². The summed E-state index contributed by atoms with van der Waals surface area (Å²) in [7, 11) is -1.29. The molecule has 2 aromatic rings. The Hall–Kier alpha value is -1.62. The van der Waals surface area contributed by atoms with Crippen LogP contribution < -0.4 is 0 Å². The first-order valence-electron chi connectivity index (χ1n) is 6.06. The predicted octanol–water partition coefficient (Wildman–Crippen LogP) is 2.10. The molecule has 1 aromatic heterocycles. The first-order valence-corrected chi connectivity index (χ1v) is 7.95. The lowest BCUT2D eigenvalue weighted by Crippen LogP contribution is -1.97. The number of carbonyl (C=O) groups excluding carboxylic acids is 1. The number of hydrogen-bond acceptors (Lipinski definition) is 3. The zero-order valence-corrected chi connectivity index (χ0v) is 12.1. The van der Waals surface area contributed by atoms with Gasteiger partial charge >= 0.3 is 0 Å². The molecule has 0 radical (unpaired) electrons. The third-order valence-corrected chi connectivity index (χ3v) is 4.33. The van der Waals surface area contributed by atoms with Crippen molar-refractivity contribution in [2.75, 3.05) is 6.26 Å². The molecule has 0 N–H and O–H groups in total. The van der Waals surface area contributed by atoms with Crippen LogP contribution in [0.2, 0.25) is 0 Å². The largest absolute Gasteiger partial charge is 0.350 e. The van der Waals surface area contributed by atoms with E-state index in [9.17, 15) is 13.2 Å². The number of hydrogen-bond donors (Lipinski definition) is 0. The highest BCUT2D eigenvalue weighted by molar-refractivity contribution is 7.90. The van der Waals surface area contributed by atoms with Crippen molar-refractivity contribution in [3.63, 3.8) is 0 Å². The van der Waals surface area contributed by atoms with Crippen LogP contribution in [0, 0.1) is 0 Å². The monoisotopic (exact) mass is 279 g/mol. The molecule has 0 aliphatic heterocycles. The van der Waals surface area contributed by atoms with Gasteiger partial charge in [-0.15, -0.1) is 0 Å². The average molecular weight is 279 g/mol. The molecule has 0 bridgehead atoms. The van der Waals surface area contributed by atoms with Crippen LogP contribution >= 0.6 is 0 Å². The number of fused-ring (bicyclic) bond motifs is 1. The molecule has 1 heterocycles. The zero-order chi connectivity index (χ0) is 14.2. The van der Waals surface area contributed by atoms with Crippen molar-refractivity contribution in [2.24, 2.45) is 7.05 Å². The molecule has 0 amide bonds. The molecule has 5 heteroatoms. The van der Waals surface area contributed by atoms with E-state index in [4.69, 9.17) is 0 Å². The van der Waals surface area contributed by atoms with Gasteiger partial charge in [-0.3, -0.25) is 0 Å². The maximum Gasteiger partial charge on any atom is 0.175 e. The van der Waals surface area contributed by atoms with Gasteiger partial charge in [-0.2, -0.15) is 0 Å². The minimum absolute atomic E-state index is 0.135. The number of Topliss-reactive ketones (excluding diaryl/α,β-unsaturated/α-hetero) is 1. The highest BCUT2D eigenvalue weighted by Gasteiger charge is 2.12. The number of sulfone groups is 1. The van der Waals surface area contributed by atoms with E-state index in [2.05, 4.69) is 0 Å². The third kappa shape index (κ3) is 2.87. The number of aryl methyl sites for hydroxylation is 2. The zero-order valence-electron chi connectivity index (χ0n) is 11.3. The maximum atomic E-state index is 11.6. The van der Waals surface area contributed by atoms with E-state index in [1.807, 2.05) is 23.9 Å². The maximum absolute atomic E-state index is 11.6. The summed E-state index contributed by atoms with van der Waals surface area (Å²) in [5.41, 5.74) is 1.99. The van der Waals surface area contributed by atoms with Crippen molar-refractivity contribution in [1.29, 1.82) is 0 Å². The van der Waals surface area contributed by atoms with Crippen LogP contribution in [-0.4, -0.2) is 25.0 Å². The molecule has 1 aromatic carbocycles. The van der Waals surface area contributed by atoms with Crippen LogP contribution in [0.3, 0.4) is 0 Å². The fraction of sp³-hybridized carbons (Fsp3) is 0.357. The molecular formula is C14H17NO3S. The smallest absolute Gasteiger partial charge is 0.175 e. The van der Waals surface area contributed by atoms with Gasteiger partial charge in [0, 0.05) is 36.8 Å². The van der Waals surface area contributed by atoms with Crippen LogP contribution in [-0.2, 0) is 28.1 Å². The van der Waals surface area contributed by atoms with Gasteiger partial charge in [-0.1, -0.05) is 0 Å². The van der Waals surface area contributed by atoms with Crippen molar-refractivity contribution in [1.82, 2.24) is 4.57 Å². The Kier molecular flexibility index (Phi) is 3.49. The average Bonchev–Trinajstić information content (AvgIpc) is 2.62. The van der Waals surface area contributed by atoms with E-state index in [-0.39, 0.29) is 5.78 Å². The van der Waals surface area contributed by atoms with Crippen LogP contribution in [0.5, 0.6) is 0 Å². The summed E-state index contributed by atoms with van der Waals surface area (Å²) in [6.45, 7) is 1.56. The minimum Gasteiger partial charge on any atom is -0.350 e. The molecular weight excluding hydrogens is 262 g/mol. The number of rotatable bonds is 4. The number of ketones is 1. The highest BCUT2D eigenvalue weighted by Crippen LogP contribution is 2.25. The molecule has 0 unspecified atom stereocenters. The third-order valence-electron chi connectivity index (χ3n) is 3.22. The van der Waals surface area contributed by atoms with Gasteiger partial charge in [-0.25, -0.2) is 8.42 Å². The number of carbonyl (C=O) groups is 1. The van der Waals surface area contributed by atoms with E-state index in [1.165, 1.54) is 6.26 Å². The molecule has 0 aliphatic rings. The molecule has 0 saturated heterocycles. The molecule has 0 fully saturated rings. The molecule has 0 aliphatic carbocycles. The van der Waals surface area contributed by atoms with Gasteiger partial charge in [0.15, 0.2) is 9.84 Å². The standard InChI is InChI=1S/C14H17NO3S/c1-10(16)4-5-11-9-15(2)14-7-6-12(8-13(11)14)19(3,17)18/h6-9H,4-5H2,1-3H3. The summed E-state index contributed by atoms with van der Waals surface area (Å²) in [6.07, 6.45) is 4.27. The van der Waals surface area contributed by atoms with Crippen LogP contribution in [0.4, 0.5) is 0 Å². The molecule has 0 saturated carbocycles. The summed E-state index contributed by atoms with van der Waals surface area (Å²) < 4.78 is 25.2. The van der Waals surface area contributed by atoms with Crippen molar-refractivity contribution in [2.45, 2.75) is 24.7 Å². The van der Waals surface area contributed by atoms with E-state index in [0.29, 0.717) is 17.7 Å². The molecule has 19 heavy (non-hydrogen) atoms. The fourth-order valence-electron chi connectivity index (χ4n) is 2.19. The number of aromatic nitrogens is 1. The lowest BCUT2D eigenvalue weighted by atomic mass is 10.1. The Morgan fingerprint density at radius 2 is 2.00 bits per heavy atom. The molecule has 0 spiro atoms. The predicted molar refractivity (Wildman–Crippen MR) is 75.0 cm³/mol. The summed E-state index contributed by atoms with van der Waals surface area (Å²) in [6, 6.07) is 5.12. The summed E-state index contributed by atoms with van der Waals surface area (Å²) in [5, 5.41) is 0.909. The second kappa shape index (κ2) is 4.81. The summed E-state index contributed by atoms with van der Waals surface area (Å²) in [4.78, 5) is 11.4. The highest BCUT2D eigenvalue weighted by atomic mass is 32.2. The van der Waals surface area contributed by atoms with Crippen LogP contribution in [0.1, 0.15) is 18.9 Å². The normalized spacial score (nSPS) is 11.9. The van der Waals surface area contributed by atoms with Gasteiger partial charge in [0.05, 0.1) is 4.90 Å². The fourth-order valence-corrected chi connectivity index (χ4v) is 2.84. The lowest BCUT2D eigenvalue weighted by Gasteiger charge is -2.01. The molecule has 102 valence electrons. The van der Waals surface area contributed by atoms with Crippen molar-refractivity contribution in [3.05, 3.63) is 30.0 Å². The first kappa shape index (κ1) is 13.8. The van der Waals surface area contributed by atoms with Gasteiger partial charge in [0.2, 0.25) is 0 Å². The van der Waals surface area contributed by atoms with Crippen LogP contribution in [0.25, 0.3) is 10.9 Å². The first-order chi connectivity index (χ1) is 8.79. The Morgan fingerprint density at radius 3 is 2.58 bits per heavy atom. The Balaban J connectivity index is 2.55. The quantitative estimate of drug-likeness (QED) is 0.861. The van der Waals surface area contributed by atoms with Gasteiger partial charge < -0.3 is 9.36 Å². The van der Waals surface area contributed by atoms with E-state index < -0.39 is 9.84 Å². The van der Waals surface area contributed by atoms with Crippen molar-refractivity contribution in [3.8, 4) is 0 Å². The van der Waals surface area contributed by atoms with Gasteiger partial charge in [0.25, 0.3) is 0 Å². The van der Waals surface area contributed by atoms with Crippen molar-refractivity contribution >= 4 is 26.5 Å². The lowest BCUT2D eigenvalue weighted by molar-refractivity contribution is -0.116. The van der Waals surface area contributed by atoms with Gasteiger partial charge in [0.1, 0.15) is 5.78 Å². The van der Waals surface area contributed by atoms with E-state index >= 15 is 0 Å². The molecule has 2 rings (SSSR count). The second-order valence-electron chi connectivity index (χ2n) is 4.92. The topological polar surface area (TPSA) is 56.1 Å². The SMILES string of the molecule is CC(=O)CCc1cn(C)c2ccc(S(C)(=O)=O)cc12. The minimum atomic E-state index is -3.21. The Morgan fingerprint density at radius 1 is 1.32 bits per heavy atom. The second-order valence-corrected chi connectivity index (χ2v) is 6.93. The van der Waals surface area contributed by atoms with Crippen molar-refractivity contribution < 1.29 is 13.2 Å². The van der Waals surface area contributed by atoms with Gasteiger partial charge in [-0.05, 0) is 37.1 Å². The number of nitrogens with zero attached hydrogens (tertiary/aromatic N) is 1. The molecule has 4 nitrogen and oxygen atoms in total. The van der Waals surface area contributed by atoms with E-state index in [0.717, 1.165) is 16.5 Å². The summed E-state index contributed by atoms with van der Waals surface area (Å²) >= 11 is 0. The van der Waals surface area contributed by atoms with Crippen LogP contribution in [0.15, 0.2) is 29.3 Å². The number of benzene rings is 1. The Bertz CT molecular complexity index is 741. The summed E-state index contributed by atoms with van der Waals surface area (Å²) in [5.74, 6) is 0.135. The molecule has 0 atom stereocenters. The van der Waals surface area contributed by atoms with E-state index in [1.54, 1.807) is 19.1 Å².